The minimum absolute atomic E-state index is 0.111. The maximum Gasteiger partial charge on any atom is 0.193 e. The van der Waals surface area contributed by atoms with Crippen LogP contribution in [0.15, 0.2) is 30.6 Å². The lowest BCUT2D eigenvalue weighted by Crippen LogP contribution is -2.26. The Kier molecular flexibility index (Phi) is 3.66. The molecule has 9 heteroatoms. The van der Waals surface area contributed by atoms with Gasteiger partial charge in [0.25, 0.3) is 0 Å². The molecule has 1 unspecified atom stereocenters. The topological polar surface area (TPSA) is 106 Å². The molecule has 4 aromatic rings. The van der Waals surface area contributed by atoms with Gasteiger partial charge in [-0.05, 0) is 24.6 Å². The molecule has 8 nitrogen and oxygen atoms in total. The van der Waals surface area contributed by atoms with E-state index in [1.807, 2.05) is 12.1 Å². The van der Waals surface area contributed by atoms with Crippen LogP contribution in [0.3, 0.4) is 0 Å². The molecule has 1 aliphatic rings. The lowest BCUT2D eigenvalue weighted by Gasteiger charge is -2.17. The number of fused-ring (bicyclic) bond motifs is 2. The molecule has 1 aromatic carbocycles. The molecule has 142 valence electrons. The molecule has 4 heterocycles. The number of nitrogens with zero attached hydrogens (tertiary/aromatic N) is 6. The molecule has 1 saturated heterocycles. The van der Waals surface area contributed by atoms with Crippen molar-refractivity contribution in [1.29, 1.82) is 0 Å². The van der Waals surface area contributed by atoms with E-state index in [0.29, 0.717) is 16.4 Å². The number of benzene rings is 1. The van der Waals surface area contributed by atoms with E-state index in [1.54, 1.807) is 25.5 Å². The Morgan fingerprint density at radius 2 is 2.11 bits per heavy atom. The van der Waals surface area contributed by atoms with Crippen molar-refractivity contribution < 1.29 is 9.50 Å². The Morgan fingerprint density at radius 3 is 2.89 bits per heavy atom. The average Bonchev–Trinajstić information content (AvgIpc) is 3.29. The van der Waals surface area contributed by atoms with Gasteiger partial charge < -0.3 is 15.7 Å². The number of aromatic hydroxyl groups is 1. The summed E-state index contributed by atoms with van der Waals surface area (Å²) < 4.78 is 16.0. The summed E-state index contributed by atoms with van der Waals surface area (Å²) in [6.07, 6.45) is 4.20. The van der Waals surface area contributed by atoms with Gasteiger partial charge in [-0.1, -0.05) is 0 Å². The van der Waals surface area contributed by atoms with Crippen molar-refractivity contribution in [3.63, 3.8) is 0 Å². The second-order valence-corrected chi connectivity index (χ2v) is 7.09. The van der Waals surface area contributed by atoms with Crippen molar-refractivity contribution in [2.45, 2.75) is 12.5 Å². The summed E-state index contributed by atoms with van der Waals surface area (Å²) in [5, 5.41) is 14.9. The first kappa shape index (κ1) is 16.8. The van der Waals surface area contributed by atoms with Gasteiger partial charge >= 0.3 is 0 Å². The van der Waals surface area contributed by atoms with Crippen LogP contribution in [0.1, 0.15) is 6.42 Å². The summed E-state index contributed by atoms with van der Waals surface area (Å²) in [4.78, 5) is 15.5. The van der Waals surface area contributed by atoms with Crippen LogP contribution >= 0.6 is 0 Å². The van der Waals surface area contributed by atoms with Crippen LogP contribution in [0.25, 0.3) is 33.3 Å². The van der Waals surface area contributed by atoms with Crippen LogP contribution in [0.4, 0.5) is 10.2 Å². The van der Waals surface area contributed by atoms with E-state index in [0.717, 1.165) is 25.3 Å². The van der Waals surface area contributed by atoms with E-state index in [-0.39, 0.29) is 22.9 Å². The highest BCUT2D eigenvalue weighted by atomic mass is 19.1. The number of aryl methyl sites for hydroxylation is 1. The zero-order valence-electron chi connectivity index (χ0n) is 15.2. The third kappa shape index (κ3) is 2.63. The number of phenolic OH excluding ortho intramolecular Hbond substituents is 1. The number of pyridine rings is 1. The molecule has 3 N–H and O–H groups in total. The first-order chi connectivity index (χ1) is 13.5. The summed E-state index contributed by atoms with van der Waals surface area (Å²) in [5.41, 5.74) is 7.54. The molecule has 1 atom stereocenters. The van der Waals surface area contributed by atoms with E-state index < -0.39 is 11.6 Å². The van der Waals surface area contributed by atoms with E-state index in [2.05, 4.69) is 25.0 Å². The fourth-order valence-corrected chi connectivity index (χ4v) is 3.62. The van der Waals surface area contributed by atoms with Gasteiger partial charge in [0.05, 0.1) is 17.3 Å². The SMILES string of the molecule is Cn1cc2cc(-c3ncc4nc(N5CCC(N)C5)ccc4n3)c(O)c(F)c2n1. The van der Waals surface area contributed by atoms with E-state index in [4.69, 9.17) is 5.73 Å². The molecule has 28 heavy (non-hydrogen) atoms. The Labute approximate surface area is 159 Å². The average molecular weight is 379 g/mol. The third-order valence-corrected chi connectivity index (χ3v) is 5.04. The number of phenols is 1. The predicted molar refractivity (Wildman–Crippen MR) is 103 cm³/mol. The highest BCUT2D eigenvalue weighted by Crippen LogP contribution is 2.35. The van der Waals surface area contributed by atoms with Gasteiger partial charge in [0.1, 0.15) is 16.9 Å². The van der Waals surface area contributed by atoms with Crippen molar-refractivity contribution in [3.05, 3.63) is 36.4 Å². The molecular weight excluding hydrogens is 361 g/mol. The molecular formula is C19H18FN7O. The Bertz CT molecular complexity index is 1220. The summed E-state index contributed by atoms with van der Waals surface area (Å²) in [6, 6.07) is 5.54. The quantitative estimate of drug-likeness (QED) is 0.548. The minimum Gasteiger partial charge on any atom is -0.504 e. The summed E-state index contributed by atoms with van der Waals surface area (Å²) >= 11 is 0. The van der Waals surface area contributed by atoms with E-state index in [9.17, 15) is 9.50 Å². The van der Waals surface area contributed by atoms with Gasteiger partial charge in [-0.15, -0.1) is 0 Å². The number of hydrogen-bond acceptors (Lipinski definition) is 7. The fourth-order valence-electron chi connectivity index (χ4n) is 3.62. The number of aromatic nitrogens is 5. The second kappa shape index (κ2) is 6.10. The molecule has 0 amide bonds. The van der Waals surface area contributed by atoms with Gasteiger partial charge in [0.15, 0.2) is 17.4 Å². The van der Waals surface area contributed by atoms with Crippen molar-refractivity contribution in [1.82, 2.24) is 24.7 Å². The Balaban J connectivity index is 1.58. The maximum absolute atomic E-state index is 14.5. The van der Waals surface area contributed by atoms with Gasteiger partial charge in [-0.25, -0.2) is 19.3 Å². The molecule has 0 radical (unpaired) electrons. The number of nitrogens with two attached hydrogens (primary N) is 1. The standard InChI is InChI=1S/C19H18FN7O/c1-26-8-10-6-12(18(28)16(20)17(10)25-26)19-22-7-14-13(24-19)2-3-15(23-14)27-5-4-11(21)9-27/h2-3,6-8,11,28H,4-5,9,21H2,1H3. The number of halogens is 1. The summed E-state index contributed by atoms with van der Waals surface area (Å²) in [6.45, 7) is 1.65. The number of rotatable bonds is 2. The fraction of sp³-hybridized carbons (Fsp3) is 0.263. The van der Waals surface area contributed by atoms with Crippen LogP contribution in [0.5, 0.6) is 5.75 Å². The van der Waals surface area contributed by atoms with Crippen molar-refractivity contribution in [3.8, 4) is 17.1 Å². The number of hydrogen-bond donors (Lipinski definition) is 2. The highest BCUT2D eigenvalue weighted by Gasteiger charge is 2.21. The zero-order valence-corrected chi connectivity index (χ0v) is 15.2. The zero-order chi connectivity index (χ0) is 19.4. The molecule has 1 aliphatic heterocycles. The monoisotopic (exact) mass is 379 g/mol. The molecule has 1 fully saturated rings. The van der Waals surface area contributed by atoms with Crippen LogP contribution in [0.2, 0.25) is 0 Å². The van der Waals surface area contributed by atoms with Crippen LogP contribution in [-0.4, -0.2) is 49.0 Å². The Hall–Kier alpha value is -3.33. The first-order valence-electron chi connectivity index (χ1n) is 8.99. The molecule has 0 spiro atoms. The van der Waals surface area contributed by atoms with Crippen LogP contribution in [-0.2, 0) is 7.05 Å². The molecule has 0 bridgehead atoms. The molecule has 3 aromatic heterocycles. The lowest BCUT2D eigenvalue weighted by atomic mass is 10.1. The molecule has 0 saturated carbocycles. The van der Waals surface area contributed by atoms with E-state index in [1.165, 1.54) is 4.68 Å². The molecule has 5 rings (SSSR count). The van der Waals surface area contributed by atoms with Gasteiger partial charge in [-0.2, -0.15) is 5.10 Å². The van der Waals surface area contributed by atoms with Crippen LogP contribution in [0, 0.1) is 5.82 Å². The van der Waals surface area contributed by atoms with Crippen LogP contribution < -0.4 is 10.6 Å². The summed E-state index contributed by atoms with van der Waals surface area (Å²) in [5.74, 6) is -0.230. The maximum atomic E-state index is 14.5. The van der Waals surface area contributed by atoms with Crippen molar-refractivity contribution >= 4 is 27.8 Å². The Morgan fingerprint density at radius 1 is 1.25 bits per heavy atom. The minimum atomic E-state index is -0.782. The smallest absolute Gasteiger partial charge is 0.193 e. The van der Waals surface area contributed by atoms with Gasteiger partial charge in [-0.3, -0.25) is 4.68 Å². The first-order valence-corrected chi connectivity index (χ1v) is 8.99. The normalized spacial score (nSPS) is 17.1. The largest absolute Gasteiger partial charge is 0.504 e. The highest BCUT2D eigenvalue weighted by molar-refractivity contribution is 5.88. The van der Waals surface area contributed by atoms with Gasteiger partial charge in [0.2, 0.25) is 0 Å². The van der Waals surface area contributed by atoms with Gasteiger partial charge in [0, 0.05) is 37.8 Å². The molecule has 0 aliphatic carbocycles. The summed E-state index contributed by atoms with van der Waals surface area (Å²) in [7, 11) is 1.69. The second-order valence-electron chi connectivity index (χ2n) is 7.09. The van der Waals surface area contributed by atoms with Crippen molar-refractivity contribution in [2.24, 2.45) is 12.8 Å². The lowest BCUT2D eigenvalue weighted by molar-refractivity contribution is 0.437. The van der Waals surface area contributed by atoms with E-state index >= 15 is 0 Å². The van der Waals surface area contributed by atoms with Crippen molar-refractivity contribution in [2.75, 3.05) is 18.0 Å². The predicted octanol–water partition coefficient (Wildman–Crippen LogP) is 1.96. The third-order valence-electron chi connectivity index (χ3n) is 5.04. The number of anilines is 1.